The largest absolute Gasteiger partial charge is 0.368 e. The lowest BCUT2D eigenvalue weighted by atomic mass is 9.81. The van der Waals surface area contributed by atoms with Gasteiger partial charge in [0.15, 0.2) is 0 Å². The zero-order valence-electron chi connectivity index (χ0n) is 11.0. The van der Waals surface area contributed by atoms with E-state index < -0.39 is 0 Å². The Balaban J connectivity index is 2.02. The van der Waals surface area contributed by atoms with Crippen LogP contribution in [0.2, 0.25) is 0 Å². The van der Waals surface area contributed by atoms with Crippen molar-refractivity contribution in [2.45, 2.75) is 64.6 Å². The quantitative estimate of drug-likeness (QED) is 0.608. The van der Waals surface area contributed by atoms with Crippen LogP contribution in [0.5, 0.6) is 0 Å². The molecule has 0 N–H and O–H groups in total. The van der Waals surface area contributed by atoms with Crippen LogP contribution in [-0.4, -0.2) is 11.2 Å². The van der Waals surface area contributed by atoms with Crippen LogP contribution >= 0.6 is 0 Å². The third-order valence-electron chi connectivity index (χ3n) is 5.39. The van der Waals surface area contributed by atoms with E-state index in [2.05, 4.69) is 33.8 Å². The summed E-state index contributed by atoms with van der Waals surface area (Å²) in [5.41, 5.74) is 2.00. The Morgan fingerprint density at radius 3 is 2.69 bits per heavy atom. The molecule has 0 radical (unpaired) electrons. The Labute approximate surface area is 99.3 Å². The number of rotatable bonds is 1. The minimum atomic E-state index is 0.153. The van der Waals surface area contributed by atoms with Crippen molar-refractivity contribution in [1.29, 1.82) is 0 Å². The van der Waals surface area contributed by atoms with Gasteiger partial charge in [-0.3, -0.25) is 0 Å². The van der Waals surface area contributed by atoms with Crippen molar-refractivity contribution in [3.05, 3.63) is 11.6 Å². The fraction of sp³-hybridized carbons (Fsp3) is 0.867. The lowest BCUT2D eigenvalue weighted by molar-refractivity contribution is -0.128. The third-order valence-corrected chi connectivity index (χ3v) is 5.39. The minimum absolute atomic E-state index is 0.153. The van der Waals surface area contributed by atoms with Crippen LogP contribution in [0, 0.1) is 17.8 Å². The first-order valence-corrected chi connectivity index (χ1v) is 6.85. The van der Waals surface area contributed by atoms with E-state index in [1.165, 1.54) is 25.7 Å². The maximum absolute atomic E-state index is 6.42. The van der Waals surface area contributed by atoms with Gasteiger partial charge < -0.3 is 4.74 Å². The molecule has 1 aliphatic heterocycles. The molecule has 1 heterocycles. The number of allylic oxidation sites excluding steroid dienone is 1. The highest BCUT2D eigenvalue weighted by atomic mass is 16.5. The van der Waals surface area contributed by atoms with E-state index in [1.807, 2.05) is 0 Å². The molecule has 0 spiro atoms. The highest BCUT2D eigenvalue weighted by Gasteiger charge is 2.61. The summed E-state index contributed by atoms with van der Waals surface area (Å²) < 4.78 is 6.42. The minimum Gasteiger partial charge on any atom is -0.368 e. The van der Waals surface area contributed by atoms with Gasteiger partial charge in [-0.05, 0) is 51.4 Å². The van der Waals surface area contributed by atoms with Crippen LogP contribution < -0.4 is 0 Å². The van der Waals surface area contributed by atoms with Crippen LogP contribution in [0.4, 0.5) is 0 Å². The van der Waals surface area contributed by atoms with Gasteiger partial charge in [-0.15, -0.1) is 0 Å². The summed E-state index contributed by atoms with van der Waals surface area (Å²) in [6.07, 6.45) is 7.70. The predicted molar refractivity (Wildman–Crippen MR) is 66.3 cm³/mol. The third kappa shape index (κ3) is 1.27. The van der Waals surface area contributed by atoms with E-state index in [-0.39, 0.29) is 11.2 Å². The SMILES string of the molecule is CC(C)C1=CC2C3CCC2(C)OC3(C)CC1. The van der Waals surface area contributed by atoms with E-state index in [9.17, 15) is 0 Å². The molecule has 3 rings (SSSR count). The monoisotopic (exact) mass is 220 g/mol. The molecule has 1 saturated carbocycles. The molecule has 4 bridgehead atoms. The first-order chi connectivity index (χ1) is 7.45. The van der Waals surface area contributed by atoms with Gasteiger partial charge in [0.1, 0.15) is 0 Å². The molecule has 0 aromatic carbocycles. The van der Waals surface area contributed by atoms with Gasteiger partial charge in [0.2, 0.25) is 0 Å². The molecule has 0 amide bonds. The van der Waals surface area contributed by atoms with Gasteiger partial charge in [-0.1, -0.05) is 25.5 Å². The Bertz CT molecular complexity index is 343. The van der Waals surface area contributed by atoms with Crippen molar-refractivity contribution >= 4 is 0 Å². The zero-order valence-corrected chi connectivity index (χ0v) is 11.0. The van der Waals surface area contributed by atoms with Crippen molar-refractivity contribution in [3.8, 4) is 0 Å². The van der Waals surface area contributed by atoms with Crippen LogP contribution in [0.25, 0.3) is 0 Å². The zero-order chi connectivity index (χ0) is 11.6. The standard InChI is InChI=1S/C15H24O/c1-10(2)11-5-7-14(3)12-6-8-15(4,16-14)13(12)9-11/h9-10,12-13H,5-8H2,1-4H3. The maximum Gasteiger partial charge on any atom is 0.0728 e. The van der Waals surface area contributed by atoms with E-state index in [1.54, 1.807) is 5.57 Å². The highest BCUT2D eigenvalue weighted by molar-refractivity contribution is 5.23. The first-order valence-electron chi connectivity index (χ1n) is 6.85. The van der Waals surface area contributed by atoms with Crippen LogP contribution in [0.1, 0.15) is 53.4 Å². The average molecular weight is 220 g/mol. The molecule has 1 saturated heterocycles. The molecule has 0 aromatic heterocycles. The fourth-order valence-electron chi connectivity index (χ4n) is 4.34. The smallest absolute Gasteiger partial charge is 0.0728 e. The normalized spacial score (nSPS) is 50.7. The maximum atomic E-state index is 6.42. The van der Waals surface area contributed by atoms with Crippen molar-refractivity contribution < 1.29 is 4.74 Å². The van der Waals surface area contributed by atoms with E-state index >= 15 is 0 Å². The molecule has 1 nitrogen and oxygen atoms in total. The Hall–Kier alpha value is -0.300. The molecule has 2 fully saturated rings. The van der Waals surface area contributed by atoms with Crippen molar-refractivity contribution in [1.82, 2.24) is 0 Å². The lowest BCUT2D eigenvalue weighted by Crippen LogP contribution is -2.38. The molecular formula is C15H24O. The Kier molecular flexibility index (Phi) is 2.12. The highest BCUT2D eigenvalue weighted by Crippen LogP contribution is 2.61. The first kappa shape index (κ1) is 10.8. The van der Waals surface area contributed by atoms with Gasteiger partial charge in [0.05, 0.1) is 11.2 Å². The van der Waals surface area contributed by atoms with E-state index in [0.717, 1.165) is 5.92 Å². The summed E-state index contributed by atoms with van der Waals surface area (Å²) in [6.45, 7) is 9.35. The summed E-state index contributed by atoms with van der Waals surface area (Å²) in [6, 6.07) is 0. The summed E-state index contributed by atoms with van der Waals surface area (Å²) >= 11 is 0. The second kappa shape index (κ2) is 3.13. The second-order valence-electron chi connectivity index (χ2n) is 6.79. The van der Waals surface area contributed by atoms with Crippen molar-refractivity contribution in [3.63, 3.8) is 0 Å². The summed E-state index contributed by atoms with van der Waals surface area (Å²) in [7, 11) is 0. The Morgan fingerprint density at radius 2 is 2.00 bits per heavy atom. The van der Waals surface area contributed by atoms with Crippen molar-refractivity contribution in [2.24, 2.45) is 17.8 Å². The predicted octanol–water partition coefficient (Wildman–Crippen LogP) is 3.94. The van der Waals surface area contributed by atoms with Crippen LogP contribution in [0.15, 0.2) is 11.6 Å². The van der Waals surface area contributed by atoms with Crippen LogP contribution in [0.3, 0.4) is 0 Å². The number of hydrogen-bond acceptors (Lipinski definition) is 1. The number of ether oxygens (including phenoxy) is 1. The second-order valence-corrected chi connectivity index (χ2v) is 6.79. The summed E-state index contributed by atoms with van der Waals surface area (Å²) in [5, 5.41) is 0. The molecule has 0 aromatic rings. The van der Waals surface area contributed by atoms with Gasteiger partial charge in [-0.25, -0.2) is 0 Å². The lowest BCUT2D eigenvalue weighted by Gasteiger charge is -2.37. The van der Waals surface area contributed by atoms with Gasteiger partial charge in [0, 0.05) is 5.92 Å². The van der Waals surface area contributed by atoms with Crippen LogP contribution in [-0.2, 0) is 4.74 Å². The topological polar surface area (TPSA) is 9.23 Å². The molecule has 90 valence electrons. The Morgan fingerprint density at radius 1 is 1.25 bits per heavy atom. The van der Waals surface area contributed by atoms with E-state index in [0.29, 0.717) is 11.8 Å². The van der Waals surface area contributed by atoms with Crippen molar-refractivity contribution in [2.75, 3.05) is 0 Å². The summed E-state index contributed by atoms with van der Waals surface area (Å²) in [5.74, 6) is 2.19. The molecule has 3 aliphatic rings. The molecule has 2 aliphatic carbocycles. The van der Waals surface area contributed by atoms with E-state index in [4.69, 9.17) is 4.74 Å². The number of hydrogen-bond donors (Lipinski definition) is 0. The molecule has 1 heteroatoms. The molecule has 16 heavy (non-hydrogen) atoms. The average Bonchev–Trinajstić information content (AvgIpc) is 2.50. The molecular weight excluding hydrogens is 196 g/mol. The molecule has 4 atom stereocenters. The van der Waals surface area contributed by atoms with Gasteiger partial charge in [-0.2, -0.15) is 0 Å². The van der Waals surface area contributed by atoms with Gasteiger partial charge in [0.25, 0.3) is 0 Å². The fourth-order valence-corrected chi connectivity index (χ4v) is 4.34. The molecule has 4 unspecified atom stereocenters. The summed E-state index contributed by atoms with van der Waals surface area (Å²) in [4.78, 5) is 0. The van der Waals surface area contributed by atoms with Gasteiger partial charge >= 0.3 is 0 Å².